The highest BCUT2D eigenvalue weighted by atomic mass is 32.2. The first-order valence-corrected chi connectivity index (χ1v) is 12.3. The standard InChI is InChI=1S/C19H24N2O6S2/c1-3-27-17-10-8-16(9-11-17)21-29(25,26)18-7-5-6-15(14-18)19(22)20-12-13-28(23,24)4-2/h5-11,14,21H,3-4,12-13H2,1-2H3,(H,20,22). The van der Waals surface area contributed by atoms with E-state index in [4.69, 9.17) is 4.74 Å². The number of ether oxygens (including phenoxy) is 1. The summed E-state index contributed by atoms with van der Waals surface area (Å²) in [4.78, 5) is 12.1. The minimum absolute atomic E-state index is 0.00613. The van der Waals surface area contributed by atoms with Crippen molar-refractivity contribution in [3.63, 3.8) is 0 Å². The van der Waals surface area contributed by atoms with Crippen molar-refractivity contribution in [1.29, 1.82) is 0 Å². The number of amides is 1. The zero-order chi connectivity index (χ0) is 21.5. The smallest absolute Gasteiger partial charge is 0.261 e. The summed E-state index contributed by atoms with van der Waals surface area (Å²) in [5.41, 5.74) is 0.474. The van der Waals surface area contributed by atoms with Crippen LogP contribution in [0.5, 0.6) is 5.75 Å². The molecule has 2 rings (SSSR count). The van der Waals surface area contributed by atoms with E-state index in [0.29, 0.717) is 18.0 Å². The summed E-state index contributed by atoms with van der Waals surface area (Å²) in [6, 6.07) is 12.0. The highest BCUT2D eigenvalue weighted by molar-refractivity contribution is 7.92. The van der Waals surface area contributed by atoms with Gasteiger partial charge in [-0.1, -0.05) is 13.0 Å². The van der Waals surface area contributed by atoms with Gasteiger partial charge in [-0.25, -0.2) is 16.8 Å². The summed E-state index contributed by atoms with van der Waals surface area (Å²) in [5.74, 6) is -0.103. The summed E-state index contributed by atoms with van der Waals surface area (Å²) in [7, 11) is -7.11. The van der Waals surface area contributed by atoms with E-state index >= 15 is 0 Å². The van der Waals surface area contributed by atoms with Crippen LogP contribution in [0.1, 0.15) is 24.2 Å². The van der Waals surface area contributed by atoms with Crippen LogP contribution in [0.4, 0.5) is 5.69 Å². The van der Waals surface area contributed by atoms with Gasteiger partial charge in [0.1, 0.15) is 5.75 Å². The summed E-state index contributed by atoms with van der Waals surface area (Å²) >= 11 is 0. The van der Waals surface area contributed by atoms with Crippen LogP contribution in [0.15, 0.2) is 53.4 Å². The molecule has 0 fully saturated rings. The number of carbonyl (C=O) groups is 1. The Kier molecular flexibility index (Phi) is 7.63. The maximum atomic E-state index is 12.6. The van der Waals surface area contributed by atoms with Crippen LogP contribution in [0.2, 0.25) is 0 Å². The lowest BCUT2D eigenvalue weighted by Gasteiger charge is -2.11. The molecule has 0 aliphatic rings. The Morgan fingerprint density at radius 1 is 1.00 bits per heavy atom. The largest absolute Gasteiger partial charge is 0.494 e. The molecule has 2 aromatic rings. The molecule has 0 heterocycles. The van der Waals surface area contributed by atoms with Gasteiger partial charge in [0.15, 0.2) is 9.84 Å². The molecule has 1 amide bonds. The quantitative estimate of drug-likeness (QED) is 0.584. The molecule has 29 heavy (non-hydrogen) atoms. The molecule has 0 spiro atoms. The second-order valence-electron chi connectivity index (χ2n) is 6.08. The number of sulfonamides is 1. The van der Waals surface area contributed by atoms with Crippen molar-refractivity contribution >= 4 is 31.5 Å². The van der Waals surface area contributed by atoms with Crippen LogP contribution in [0.3, 0.4) is 0 Å². The minimum Gasteiger partial charge on any atom is -0.494 e. The number of hydrogen-bond acceptors (Lipinski definition) is 6. The monoisotopic (exact) mass is 440 g/mol. The predicted octanol–water partition coefficient (Wildman–Crippen LogP) is 2.05. The summed E-state index contributed by atoms with van der Waals surface area (Å²) < 4.78 is 56.0. The van der Waals surface area contributed by atoms with Gasteiger partial charge in [0, 0.05) is 23.5 Å². The first-order chi connectivity index (χ1) is 13.7. The molecule has 2 aromatic carbocycles. The Bertz CT molecular complexity index is 1050. The number of nitrogens with one attached hydrogen (secondary N) is 2. The highest BCUT2D eigenvalue weighted by Gasteiger charge is 2.17. The fraction of sp³-hybridized carbons (Fsp3) is 0.316. The highest BCUT2D eigenvalue weighted by Crippen LogP contribution is 2.20. The number of anilines is 1. The van der Waals surface area contributed by atoms with Crippen molar-refractivity contribution in [1.82, 2.24) is 5.32 Å². The van der Waals surface area contributed by atoms with Crippen molar-refractivity contribution < 1.29 is 26.4 Å². The molecule has 0 aliphatic heterocycles. The van der Waals surface area contributed by atoms with Crippen molar-refractivity contribution in [2.45, 2.75) is 18.7 Å². The van der Waals surface area contributed by atoms with Crippen molar-refractivity contribution in [2.75, 3.05) is 29.4 Å². The number of hydrogen-bond donors (Lipinski definition) is 2. The molecule has 0 radical (unpaired) electrons. The summed E-state index contributed by atoms with van der Waals surface area (Å²) in [5, 5.41) is 2.49. The van der Waals surface area contributed by atoms with Gasteiger partial charge in [0.25, 0.3) is 15.9 Å². The minimum atomic E-state index is -3.91. The molecule has 8 nitrogen and oxygen atoms in total. The Morgan fingerprint density at radius 3 is 2.31 bits per heavy atom. The molecule has 0 aromatic heterocycles. The summed E-state index contributed by atoms with van der Waals surface area (Å²) in [6.07, 6.45) is 0. The van der Waals surface area contributed by atoms with E-state index in [-0.39, 0.29) is 28.5 Å². The second kappa shape index (κ2) is 9.75. The van der Waals surface area contributed by atoms with Crippen LogP contribution >= 0.6 is 0 Å². The molecule has 2 N–H and O–H groups in total. The Hall–Kier alpha value is -2.59. The van der Waals surface area contributed by atoms with Gasteiger partial charge in [-0.05, 0) is 49.4 Å². The Morgan fingerprint density at radius 2 is 1.69 bits per heavy atom. The maximum Gasteiger partial charge on any atom is 0.261 e. The number of carbonyl (C=O) groups excluding carboxylic acids is 1. The molecule has 0 atom stereocenters. The molecule has 0 bridgehead atoms. The van der Waals surface area contributed by atoms with E-state index in [1.54, 1.807) is 24.3 Å². The maximum absolute atomic E-state index is 12.6. The van der Waals surface area contributed by atoms with E-state index in [1.165, 1.54) is 31.2 Å². The average Bonchev–Trinajstić information content (AvgIpc) is 2.69. The molecular weight excluding hydrogens is 416 g/mol. The average molecular weight is 441 g/mol. The molecule has 158 valence electrons. The lowest BCUT2D eigenvalue weighted by molar-refractivity contribution is 0.0956. The second-order valence-corrected chi connectivity index (χ2v) is 10.2. The van der Waals surface area contributed by atoms with Gasteiger partial charge in [0.2, 0.25) is 0 Å². The Labute approximate surface area is 171 Å². The molecule has 0 unspecified atom stereocenters. The van der Waals surface area contributed by atoms with E-state index in [1.807, 2.05) is 6.92 Å². The van der Waals surface area contributed by atoms with Crippen LogP contribution in [0.25, 0.3) is 0 Å². The van der Waals surface area contributed by atoms with Crippen LogP contribution in [-0.4, -0.2) is 47.4 Å². The van der Waals surface area contributed by atoms with Crippen molar-refractivity contribution in [3.8, 4) is 5.75 Å². The van der Waals surface area contributed by atoms with Crippen molar-refractivity contribution in [3.05, 3.63) is 54.1 Å². The lowest BCUT2D eigenvalue weighted by Crippen LogP contribution is -2.29. The third-order valence-corrected chi connectivity index (χ3v) is 7.05. The SMILES string of the molecule is CCOc1ccc(NS(=O)(=O)c2cccc(C(=O)NCCS(=O)(=O)CC)c2)cc1. The molecular formula is C19H24N2O6S2. The van der Waals surface area contributed by atoms with Crippen molar-refractivity contribution in [2.24, 2.45) is 0 Å². The number of benzene rings is 2. The lowest BCUT2D eigenvalue weighted by atomic mass is 10.2. The normalized spacial score (nSPS) is 11.7. The first kappa shape index (κ1) is 22.7. The van der Waals surface area contributed by atoms with Crippen LogP contribution in [0, 0.1) is 0 Å². The zero-order valence-corrected chi connectivity index (χ0v) is 17.8. The third-order valence-electron chi connectivity index (χ3n) is 3.96. The van der Waals surface area contributed by atoms with E-state index in [2.05, 4.69) is 10.0 Å². The molecule has 10 heteroatoms. The molecule has 0 aliphatic carbocycles. The van der Waals surface area contributed by atoms with Crippen LogP contribution < -0.4 is 14.8 Å². The van der Waals surface area contributed by atoms with Gasteiger partial charge in [0.05, 0.1) is 17.3 Å². The van der Waals surface area contributed by atoms with Gasteiger partial charge in [-0.15, -0.1) is 0 Å². The van der Waals surface area contributed by atoms with Gasteiger partial charge >= 0.3 is 0 Å². The third kappa shape index (κ3) is 6.75. The molecule has 0 saturated carbocycles. The number of sulfone groups is 1. The van der Waals surface area contributed by atoms with Gasteiger partial charge in [-0.3, -0.25) is 9.52 Å². The predicted molar refractivity (Wildman–Crippen MR) is 112 cm³/mol. The van der Waals surface area contributed by atoms with Gasteiger partial charge in [-0.2, -0.15) is 0 Å². The topological polar surface area (TPSA) is 119 Å². The number of rotatable bonds is 10. The zero-order valence-electron chi connectivity index (χ0n) is 16.2. The van der Waals surface area contributed by atoms with Gasteiger partial charge < -0.3 is 10.1 Å². The Balaban J connectivity index is 2.09. The van der Waals surface area contributed by atoms with E-state index in [0.717, 1.165) is 0 Å². The molecule has 0 saturated heterocycles. The fourth-order valence-electron chi connectivity index (χ4n) is 2.37. The van der Waals surface area contributed by atoms with Crippen LogP contribution in [-0.2, 0) is 19.9 Å². The fourth-order valence-corrected chi connectivity index (χ4v) is 4.18. The first-order valence-electron chi connectivity index (χ1n) is 9.01. The van der Waals surface area contributed by atoms with E-state index < -0.39 is 25.8 Å². The van der Waals surface area contributed by atoms with E-state index in [9.17, 15) is 21.6 Å². The summed E-state index contributed by atoms with van der Waals surface area (Å²) in [6.45, 7) is 3.84.